The first-order valence-electron chi connectivity index (χ1n) is 6.89. The van der Waals surface area contributed by atoms with E-state index in [0.717, 1.165) is 18.4 Å². The van der Waals surface area contributed by atoms with E-state index in [4.69, 9.17) is 4.52 Å². The summed E-state index contributed by atoms with van der Waals surface area (Å²) in [4.78, 5) is 15.8. The molecular weight excluding hydrogens is 254 g/mol. The predicted molar refractivity (Wildman–Crippen MR) is 76.4 cm³/mol. The number of hydrogen-bond donors (Lipinski definition) is 1. The lowest BCUT2D eigenvalue weighted by Crippen LogP contribution is -2.17. The molecule has 0 aliphatic heterocycles. The minimum absolute atomic E-state index is 0.107. The zero-order valence-electron chi connectivity index (χ0n) is 11.8. The van der Waals surface area contributed by atoms with Crippen LogP contribution in [0.25, 0.3) is 11.4 Å². The van der Waals surface area contributed by atoms with Crippen LogP contribution in [0.3, 0.4) is 0 Å². The molecule has 1 aromatic heterocycles. The van der Waals surface area contributed by atoms with Gasteiger partial charge in [-0.1, -0.05) is 37.1 Å². The fourth-order valence-electron chi connectivity index (χ4n) is 1.91. The fourth-order valence-corrected chi connectivity index (χ4v) is 1.91. The Labute approximate surface area is 118 Å². The molecule has 5 nitrogen and oxygen atoms in total. The summed E-state index contributed by atoms with van der Waals surface area (Å²) >= 11 is 0. The van der Waals surface area contributed by atoms with Gasteiger partial charge >= 0.3 is 0 Å². The molecule has 0 bridgehead atoms. The molecular formula is C15H19N3O2. The van der Waals surface area contributed by atoms with Crippen LogP contribution in [0.2, 0.25) is 0 Å². The second-order valence-electron chi connectivity index (χ2n) is 4.63. The van der Waals surface area contributed by atoms with Crippen molar-refractivity contribution in [3.63, 3.8) is 0 Å². The number of amides is 1. The molecule has 0 spiro atoms. The average Bonchev–Trinajstić information content (AvgIpc) is 2.96. The Morgan fingerprint density at radius 1 is 1.25 bits per heavy atom. The van der Waals surface area contributed by atoms with Crippen molar-refractivity contribution >= 4 is 5.91 Å². The van der Waals surface area contributed by atoms with Crippen molar-refractivity contribution in [3.05, 3.63) is 35.7 Å². The summed E-state index contributed by atoms with van der Waals surface area (Å²) in [5.74, 6) is 1.13. The van der Waals surface area contributed by atoms with Gasteiger partial charge in [0.25, 0.3) is 5.91 Å². The van der Waals surface area contributed by atoms with Crippen molar-refractivity contribution in [1.29, 1.82) is 0 Å². The number of unbranched alkanes of at least 4 members (excludes halogenated alkanes) is 2. The van der Waals surface area contributed by atoms with Crippen LogP contribution in [0.5, 0.6) is 0 Å². The van der Waals surface area contributed by atoms with Gasteiger partial charge in [-0.2, -0.15) is 4.98 Å². The molecule has 0 unspecified atom stereocenters. The van der Waals surface area contributed by atoms with Crippen LogP contribution < -0.4 is 5.32 Å². The number of rotatable bonds is 6. The highest BCUT2D eigenvalue weighted by Gasteiger charge is 2.09. The SMILES string of the molecule is CCCCCc1nc(-c2ccc(C(=O)NC)cc2)no1. The molecule has 5 heteroatoms. The highest BCUT2D eigenvalue weighted by Crippen LogP contribution is 2.17. The zero-order chi connectivity index (χ0) is 14.4. The number of nitrogens with one attached hydrogen (secondary N) is 1. The van der Waals surface area contributed by atoms with E-state index in [1.807, 2.05) is 12.1 Å². The van der Waals surface area contributed by atoms with Crippen molar-refractivity contribution in [3.8, 4) is 11.4 Å². The van der Waals surface area contributed by atoms with Crippen LogP contribution >= 0.6 is 0 Å². The molecule has 2 aromatic rings. The number of carbonyl (C=O) groups excluding carboxylic acids is 1. The van der Waals surface area contributed by atoms with E-state index in [2.05, 4.69) is 22.4 Å². The highest BCUT2D eigenvalue weighted by molar-refractivity contribution is 5.94. The average molecular weight is 273 g/mol. The monoisotopic (exact) mass is 273 g/mol. The number of aryl methyl sites for hydroxylation is 1. The van der Waals surface area contributed by atoms with Gasteiger partial charge in [-0.25, -0.2) is 0 Å². The summed E-state index contributed by atoms with van der Waals surface area (Å²) in [5.41, 5.74) is 1.46. The number of carbonyl (C=O) groups is 1. The number of aromatic nitrogens is 2. The fraction of sp³-hybridized carbons (Fsp3) is 0.400. The molecule has 106 valence electrons. The van der Waals surface area contributed by atoms with Gasteiger partial charge in [-0.15, -0.1) is 0 Å². The topological polar surface area (TPSA) is 68.0 Å². The van der Waals surface area contributed by atoms with E-state index < -0.39 is 0 Å². The van der Waals surface area contributed by atoms with Crippen LogP contribution in [0.15, 0.2) is 28.8 Å². The standard InChI is InChI=1S/C15H19N3O2/c1-3-4-5-6-13-17-14(18-20-13)11-7-9-12(10-8-11)15(19)16-2/h7-10H,3-6H2,1-2H3,(H,16,19). The first kappa shape index (κ1) is 14.2. The molecule has 0 radical (unpaired) electrons. The Morgan fingerprint density at radius 3 is 2.65 bits per heavy atom. The first-order chi connectivity index (χ1) is 9.74. The van der Waals surface area contributed by atoms with Crippen LogP contribution in [0.1, 0.15) is 42.4 Å². The summed E-state index contributed by atoms with van der Waals surface area (Å²) < 4.78 is 5.22. The third kappa shape index (κ3) is 3.44. The molecule has 0 fully saturated rings. The molecule has 20 heavy (non-hydrogen) atoms. The number of nitrogens with zero attached hydrogens (tertiary/aromatic N) is 2. The van der Waals surface area contributed by atoms with Gasteiger partial charge in [0, 0.05) is 24.6 Å². The zero-order valence-corrected chi connectivity index (χ0v) is 11.8. The lowest BCUT2D eigenvalue weighted by atomic mass is 10.1. The second kappa shape index (κ2) is 6.84. The quantitative estimate of drug-likeness (QED) is 0.822. The molecule has 1 heterocycles. The van der Waals surface area contributed by atoms with Gasteiger partial charge in [-0.3, -0.25) is 4.79 Å². The van der Waals surface area contributed by atoms with Gasteiger partial charge < -0.3 is 9.84 Å². The summed E-state index contributed by atoms with van der Waals surface area (Å²) in [5, 5.41) is 6.56. The van der Waals surface area contributed by atoms with Crippen LogP contribution in [0, 0.1) is 0 Å². The molecule has 0 saturated carbocycles. The van der Waals surface area contributed by atoms with E-state index in [0.29, 0.717) is 17.3 Å². The van der Waals surface area contributed by atoms with Crippen molar-refractivity contribution in [2.24, 2.45) is 0 Å². The van der Waals surface area contributed by atoms with E-state index in [9.17, 15) is 4.79 Å². The molecule has 0 atom stereocenters. The highest BCUT2D eigenvalue weighted by atomic mass is 16.5. The van der Waals surface area contributed by atoms with Crippen molar-refractivity contribution in [1.82, 2.24) is 15.5 Å². The lowest BCUT2D eigenvalue weighted by molar-refractivity contribution is 0.0963. The largest absolute Gasteiger partial charge is 0.355 e. The Bertz CT molecular complexity index is 561. The van der Waals surface area contributed by atoms with Crippen LogP contribution in [-0.4, -0.2) is 23.1 Å². The molecule has 2 rings (SSSR count). The normalized spacial score (nSPS) is 10.5. The molecule has 1 N–H and O–H groups in total. The Balaban J connectivity index is 2.06. The summed E-state index contributed by atoms with van der Waals surface area (Å²) in [6, 6.07) is 7.15. The van der Waals surface area contributed by atoms with Gasteiger partial charge in [0.2, 0.25) is 11.7 Å². The van der Waals surface area contributed by atoms with Gasteiger partial charge in [0.05, 0.1) is 0 Å². The van der Waals surface area contributed by atoms with Crippen molar-refractivity contribution < 1.29 is 9.32 Å². The molecule has 0 aliphatic carbocycles. The van der Waals surface area contributed by atoms with E-state index in [1.54, 1.807) is 19.2 Å². The molecule has 0 aliphatic rings. The second-order valence-corrected chi connectivity index (χ2v) is 4.63. The number of hydrogen-bond acceptors (Lipinski definition) is 4. The Morgan fingerprint density at radius 2 is 2.00 bits per heavy atom. The molecule has 1 aromatic carbocycles. The summed E-state index contributed by atoms with van der Waals surface area (Å²) in [6.45, 7) is 2.16. The maximum absolute atomic E-state index is 11.5. The smallest absolute Gasteiger partial charge is 0.251 e. The van der Waals surface area contributed by atoms with E-state index in [1.165, 1.54) is 12.8 Å². The Kier molecular flexibility index (Phi) is 4.87. The number of benzene rings is 1. The summed E-state index contributed by atoms with van der Waals surface area (Å²) in [6.07, 6.45) is 4.21. The van der Waals surface area contributed by atoms with Gasteiger partial charge in [-0.05, 0) is 18.6 Å². The van der Waals surface area contributed by atoms with E-state index in [-0.39, 0.29) is 5.91 Å². The maximum Gasteiger partial charge on any atom is 0.251 e. The predicted octanol–water partition coefficient (Wildman–Crippen LogP) is 2.83. The third-order valence-electron chi connectivity index (χ3n) is 3.09. The first-order valence-corrected chi connectivity index (χ1v) is 6.89. The third-order valence-corrected chi connectivity index (χ3v) is 3.09. The van der Waals surface area contributed by atoms with Crippen molar-refractivity contribution in [2.45, 2.75) is 32.6 Å². The molecule has 0 saturated heterocycles. The van der Waals surface area contributed by atoms with Crippen LogP contribution in [0.4, 0.5) is 0 Å². The Hall–Kier alpha value is -2.17. The lowest BCUT2D eigenvalue weighted by Gasteiger charge is -1.99. The van der Waals surface area contributed by atoms with Crippen LogP contribution in [-0.2, 0) is 6.42 Å². The minimum Gasteiger partial charge on any atom is -0.355 e. The van der Waals surface area contributed by atoms with Crippen molar-refractivity contribution in [2.75, 3.05) is 7.05 Å². The van der Waals surface area contributed by atoms with E-state index >= 15 is 0 Å². The maximum atomic E-state index is 11.5. The minimum atomic E-state index is -0.107. The molecule has 1 amide bonds. The van der Waals surface area contributed by atoms with Gasteiger partial charge in [0.15, 0.2) is 0 Å². The summed E-state index contributed by atoms with van der Waals surface area (Å²) in [7, 11) is 1.61. The van der Waals surface area contributed by atoms with Gasteiger partial charge in [0.1, 0.15) is 0 Å².